The van der Waals surface area contributed by atoms with Crippen molar-refractivity contribution >= 4 is 34.1 Å². The Morgan fingerprint density at radius 2 is 1.77 bits per heavy atom. The minimum Gasteiger partial charge on any atom is -0.481 e. The van der Waals surface area contributed by atoms with Gasteiger partial charge in [0.25, 0.3) is 5.91 Å². The Morgan fingerprint density at radius 1 is 1.10 bits per heavy atom. The van der Waals surface area contributed by atoms with Gasteiger partial charge in [0.1, 0.15) is 5.00 Å². The molecule has 1 aromatic rings. The number of aryl methyl sites for hydroxylation is 1. The number of amides is 2. The molecule has 30 heavy (non-hydrogen) atoms. The zero-order valence-electron chi connectivity index (χ0n) is 17.6. The van der Waals surface area contributed by atoms with Crippen molar-refractivity contribution in [2.45, 2.75) is 64.8 Å². The summed E-state index contributed by atoms with van der Waals surface area (Å²) in [6.45, 7) is 3.98. The third-order valence-corrected chi connectivity index (χ3v) is 8.08. The number of carboxylic acid groups (broad SMARTS) is 1. The molecule has 4 rings (SSSR count). The Kier molecular flexibility index (Phi) is 6.00. The fraction of sp³-hybridized carbons (Fsp3) is 0.609. The Bertz CT molecular complexity index is 884. The summed E-state index contributed by atoms with van der Waals surface area (Å²) in [5, 5.41) is 16.3. The third kappa shape index (κ3) is 3.80. The molecule has 4 atom stereocenters. The molecule has 1 heterocycles. The second-order valence-corrected chi connectivity index (χ2v) is 10.1. The number of carboxylic acids is 1. The second-order valence-electron chi connectivity index (χ2n) is 8.83. The molecule has 2 amide bonds. The van der Waals surface area contributed by atoms with Gasteiger partial charge in [-0.25, -0.2) is 0 Å². The molecular formula is C23H30N2O4S. The lowest BCUT2D eigenvalue weighted by atomic mass is 9.82. The van der Waals surface area contributed by atoms with E-state index in [0.29, 0.717) is 23.4 Å². The summed E-state index contributed by atoms with van der Waals surface area (Å²) in [6.07, 6.45) is 10.8. The van der Waals surface area contributed by atoms with Crippen LogP contribution in [0.25, 0.3) is 0 Å². The van der Waals surface area contributed by atoms with Gasteiger partial charge in [-0.2, -0.15) is 0 Å². The van der Waals surface area contributed by atoms with E-state index in [9.17, 15) is 19.5 Å². The Balaban J connectivity index is 1.56. The van der Waals surface area contributed by atoms with Gasteiger partial charge in [-0.05, 0) is 50.0 Å². The van der Waals surface area contributed by atoms with Crippen LogP contribution in [0.4, 0.5) is 5.00 Å². The van der Waals surface area contributed by atoms with Crippen molar-refractivity contribution in [3.8, 4) is 0 Å². The second kappa shape index (κ2) is 8.53. The van der Waals surface area contributed by atoms with Crippen LogP contribution in [0.5, 0.6) is 0 Å². The Labute approximate surface area is 181 Å². The lowest BCUT2D eigenvalue weighted by molar-refractivity contribution is -0.146. The van der Waals surface area contributed by atoms with E-state index in [0.717, 1.165) is 36.1 Å². The first-order chi connectivity index (χ1) is 14.4. The Morgan fingerprint density at radius 3 is 2.40 bits per heavy atom. The van der Waals surface area contributed by atoms with Gasteiger partial charge >= 0.3 is 5.97 Å². The molecule has 0 aliphatic heterocycles. The number of fused-ring (bicyclic) bond motifs is 2. The minimum absolute atomic E-state index is 0.0395. The molecule has 0 saturated heterocycles. The summed E-state index contributed by atoms with van der Waals surface area (Å²) in [4.78, 5) is 39.1. The number of carbonyl (C=O) groups excluding carboxylic acids is 2. The van der Waals surface area contributed by atoms with E-state index >= 15 is 0 Å². The molecule has 3 aliphatic rings. The molecule has 2 fully saturated rings. The first-order valence-electron chi connectivity index (χ1n) is 11.1. The molecule has 7 heteroatoms. The topological polar surface area (TPSA) is 95.5 Å². The van der Waals surface area contributed by atoms with E-state index in [1.54, 1.807) is 0 Å². The number of allylic oxidation sites excluding steroid dienone is 2. The van der Waals surface area contributed by atoms with E-state index in [4.69, 9.17) is 0 Å². The standard InChI is InChI=1S/C23H30N2O4S/c1-3-16-12(2)30-22(19(16)21(27)24-15-7-5-4-6-8-15)25-20(26)17-13-9-10-14(11-13)18(17)23(28)29/h9-10,13-15,17-18H,3-8,11H2,1-2H3,(H,24,27)(H,25,26)(H,28,29). The van der Waals surface area contributed by atoms with Crippen molar-refractivity contribution in [1.82, 2.24) is 5.32 Å². The van der Waals surface area contributed by atoms with Crippen LogP contribution in [0.15, 0.2) is 12.2 Å². The number of nitrogens with one attached hydrogen (secondary N) is 2. The van der Waals surface area contributed by atoms with Crippen molar-refractivity contribution in [2.24, 2.45) is 23.7 Å². The van der Waals surface area contributed by atoms with E-state index in [1.807, 2.05) is 26.0 Å². The monoisotopic (exact) mass is 430 g/mol. The molecule has 3 aliphatic carbocycles. The zero-order valence-corrected chi connectivity index (χ0v) is 18.4. The maximum atomic E-state index is 13.2. The molecule has 0 radical (unpaired) electrons. The highest BCUT2D eigenvalue weighted by atomic mass is 32.1. The largest absolute Gasteiger partial charge is 0.481 e. The third-order valence-electron chi connectivity index (χ3n) is 7.01. The maximum Gasteiger partial charge on any atom is 0.307 e. The highest BCUT2D eigenvalue weighted by Gasteiger charge is 2.51. The molecule has 3 N–H and O–H groups in total. The van der Waals surface area contributed by atoms with Crippen LogP contribution in [0.3, 0.4) is 0 Å². The molecule has 0 aromatic carbocycles. The molecule has 2 saturated carbocycles. The Hall–Kier alpha value is -2.15. The van der Waals surface area contributed by atoms with Crippen molar-refractivity contribution < 1.29 is 19.5 Å². The van der Waals surface area contributed by atoms with Crippen molar-refractivity contribution in [1.29, 1.82) is 0 Å². The van der Waals surface area contributed by atoms with Gasteiger partial charge in [0.2, 0.25) is 5.91 Å². The van der Waals surface area contributed by atoms with Crippen LogP contribution < -0.4 is 10.6 Å². The predicted octanol–water partition coefficient (Wildman–Crippen LogP) is 4.14. The normalized spacial score (nSPS) is 27.9. The van der Waals surface area contributed by atoms with Gasteiger partial charge in [0.05, 0.1) is 17.4 Å². The SMILES string of the molecule is CCc1c(C)sc(NC(=O)C2C3C=CC(C3)C2C(=O)O)c1C(=O)NC1CCCCC1. The van der Waals surface area contributed by atoms with E-state index in [2.05, 4.69) is 10.6 Å². The number of aliphatic carboxylic acids is 1. The van der Waals surface area contributed by atoms with E-state index in [-0.39, 0.29) is 29.7 Å². The maximum absolute atomic E-state index is 13.2. The summed E-state index contributed by atoms with van der Waals surface area (Å²) in [5.41, 5.74) is 1.52. The number of hydrogen-bond acceptors (Lipinski definition) is 4. The minimum atomic E-state index is -0.918. The fourth-order valence-corrected chi connectivity index (χ4v) is 6.69. The molecule has 2 bridgehead atoms. The van der Waals surface area contributed by atoms with Crippen LogP contribution in [-0.4, -0.2) is 28.9 Å². The van der Waals surface area contributed by atoms with Gasteiger partial charge in [-0.15, -0.1) is 11.3 Å². The van der Waals surface area contributed by atoms with Crippen molar-refractivity contribution in [3.05, 3.63) is 28.2 Å². The van der Waals surface area contributed by atoms with Crippen LogP contribution in [0.2, 0.25) is 0 Å². The summed E-state index contributed by atoms with van der Waals surface area (Å²) in [6, 6.07) is 0.187. The zero-order chi connectivity index (χ0) is 21.4. The molecular weight excluding hydrogens is 400 g/mol. The first kappa shape index (κ1) is 21.1. The van der Waals surface area contributed by atoms with Gasteiger partial charge in [-0.1, -0.05) is 38.3 Å². The lowest BCUT2D eigenvalue weighted by Crippen LogP contribution is -2.38. The molecule has 0 spiro atoms. The van der Waals surface area contributed by atoms with Gasteiger partial charge in [-0.3, -0.25) is 14.4 Å². The predicted molar refractivity (Wildman–Crippen MR) is 117 cm³/mol. The van der Waals surface area contributed by atoms with Gasteiger partial charge in [0.15, 0.2) is 0 Å². The number of rotatable bonds is 6. The van der Waals surface area contributed by atoms with Gasteiger partial charge in [0, 0.05) is 10.9 Å². The number of carbonyl (C=O) groups is 3. The van der Waals surface area contributed by atoms with Crippen LogP contribution in [0, 0.1) is 30.6 Å². The highest BCUT2D eigenvalue weighted by Crippen LogP contribution is 2.49. The number of thiophene rings is 1. The molecule has 4 unspecified atom stereocenters. The molecule has 1 aromatic heterocycles. The van der Waals surface area contributed by atoms with Crippen LogP contribution >= 0.6 is 11.3 Å². The van der Waals surface area contributed by atoms with Crippen molar-refractivity contribution in [2.75, 3.05) is 5.32 Å². The fourth-order valence-electron chi connectivity index (χ4n) is 5.55. The first-order valence-corrected chi connectivity index (χ1v) is 11.9. The summed E-state index contributed by atoms with van der Waals surface area (Å²) in [5.74, 6) is -2.71. The average Bonchev–Trinajstić information content (AvgIpc) is 3.41. The lowest BCUT2D eigenvalue weighted by Gasteiger charge is -2.24. The quantitative estimate of drug-likeness (QED) is 0.591. The smallest absolute Gasteiger partial charge is 0.307 e. The van der Waals surface area contributed by atoms with Crippen LogP contribution in [-0.2, 0) is 16.0 Å². The number of anilines is 1. The summed E-state index contributed by atoms with van der Waals surface area (Å²) >= 11 is 1.41. The van der Waals surface area contributed by atoms with Crippen LogP contribution in [0.1, 0.15) is 66.2 Å². The van der Waals surface area contributed by atoms with Gasteiger partial charge < -0.3 is 15.7 Å². The summed E-state index contributed by atoms with van der Waals surface area (Å²) < 4.78 is 0. The molecule has 162 valence electrons. The average molecular weight is 431 g/mol. The highest BCUT2D eigenvalue weighted by molar-refractivity contribution is 7.16. The van der Waals surface area contributed by atoms with E-state index < -0.39 is 17.8 Å². The summed E-state index contributed by atoms with van der Waals surface area (Å²) in [7, 11) is 0. The number of hydrogen-bond donors (Lipinski definition) is 3. The van der Waals surface area contributed by atoms with Crippen molar-refractivity contribution in [3.63, 3.8) is 0 Å². The van der Waals surface area contributed by atoms with E-state index in [1.165, 1.54) is 17.8 Å². The molecule has 6 nitrogen and oxygen atoms in total.